The number of anilines is 2. The summed E-state index contributed by atoms with van der Waals surface area (Å²) in [6, 6.07) is 9.51. The molecular weight excluding hydrogens is 318 g/mol. The molecule has 0 radical (unpaired) electrons. The molecule has 0 saturated heterocycles. The summed E-state index contributed by atoms with van der Waals surface area (Å²) in [7, 11) is 5.15. The molecular formula is C18H17N5O2. The van der Waals surface area contributed by atoms with Crippen LogP contribution in [0.3, 0.4) is 0 Å². The molecule has 0 bridgehead atoms. The van der Waals surface area contributed by atoms with Gasteiger partial charge in [-0.1, -0.05) is 0 Å². The molecule has 0 spiro atoms. The average molecular weight is 335 g/mol. The Morgan fingerprint density at radius 2 is 2.12 bits per heavy atom. The van der Waals surface area contributed by atoms with Crippen molar-refractivity contribution >= 4 is 28.2 Å². The van der Waals surface area contributed by atoms with Crippen LogP contribution in [0.4, 0.5) is 11.4 Å². The summed E-state index contributed by atoms with van der Waals surface area (Å²) in [5, 5.41) is 10.1. The summed E-state index contributed by atoms with van der Waals surface area (Å²) >= 11 is 0. The maximum absolute atomic E-state index is 12.2. The summed E-state index contributed by atoms with van der Waals surface area (Å²) < 4.78 is 6.42. The van der Waals surface area contributed by atoms with Crippen molar-refractivity contribution in [1.29, 1.82) is 5.26 Å². The van der Waals surface area contributed by atoms with Crippen molar-refractivity contribution in [3.05, 3.63) is 47.9 Å². The second kappa shape index (κ2) is 6.17. The van der Waals surface area contributed by atoms with Crippen molar-refractivity contribution in [2.24, 2.45) is 0 Å². The molecule has 2 heterocycles. The van der Waals surface area contributed by atoms with Crippen LogP contribution in [0, 0.1) is 11.3 Å². The highest BCUT2D eigenvalue weighted by Crippen LogP contribution is 2.32. The first-order valence-corrected chi connectivity index (χ1v) is 7.54. The van der Waals surface area contributed by atoms with E-state index in [9.17, 15) is 10.1 Å². The van der Waals surface area contributed by atoms with Gasteiger partial charge in [-0.25, -0.2) is 4.79 Å². The molecule has 0 saturated carbocycles. The Kier molecular flexibility index (Phi) is 4.03. The molecule has 1 aromatic carbocycles. The Morgan fingerprint density at radius 3 is 2.76 bits per heavy atom. The fourth-order valence-corrected chi connectivity index (χ4v) is 2.82. The molecule has 0 amide bonds. The summed E-state index contributed by atoms with van der Waals surface area (Å²) in [6.07, 6.45) is 3.25. The SMILES string of the molecule is COC(=O)c1c(N)c(C#N)cn1-c1ccc(N(C)C)c2ncccc12. The van der Waals surface area contributed by atoms with E-state index in [0.29, 0.717) is 5.69 Å². The largest absolute Gasteiger partial charge is 0.464 e. The quantitative estimate of drug-likeness (QED) is 0.738. The number of aromatic nitrogens is 2. The average Bonchev–Trinajstić information content (AvgIpc) is 2.96. The van der Waals surface area contributed by atoms with Crippen LogP contribution in [-0.2, 0) is 4.74 Å². The molecule has 7 heteroatoms. The van der Waals surface area contributed by atoms with Gasteiger partial charge in [0.25, 0.3) is 0 Å². The standard InChI is InChI=1S/C18H17N5O2/c1-22(2)14-7-6-13(12-5-4-8-21-16(12)14)23-10-11(9-19)15(20)17(23)18(24)25-3/h4-8,10H,20H2,1-3H3. The van der Waals surface area contributed by atoms with Crippen LogP contribution >= 0.6 is 0 Å². The van der Waals surface area contributed by atoms with E-state index in [2.05, 4.69) is 4.98 Å². The minimum absolute atomic E-state index is 0.100. The van der Waals surface area contributed by atoms with Gasteiger partial charge in [-0.05, 0) is 24.3 Å². The van der Waals surface area contributed by atoms with Crippen molar-refractivity contribution in [2.45, 2.75) is 0 Å². The summed E-state index contributed by atoms with van der Waals surface area (Å²) in [5.74, 6) is -0.604. The van der Waals surface area contributed by atoms with E-state index in [-0.39, 0.29) is 16.9 Å². The highest BCUT2D eigenvalue weighted by molar-refractivity contribution is 6.00. The van der Waals surface area contributed by atoms with E-state index in [4.69, 9.17) is 10.5 Å². The molecule has 3 aromatic rings. The van der Waals surface area contributed by atoms with Crippen molar-refractivity contribution in [3.63, 3.8) is 0 Å². The minimum Gasteiger partial charge on any atom is -0.464 e. The number of ether oxygens (including phenoxy) is 1. The van der Waals surface area contributed by atoms with Crippen LogP contribution in [0.1, 0.15) is 16.1 Å². The molecule has 2 N–H and O–H groups in total. The predicted molar refractivity (Wildman–Crippen MR) is 95.9 cm³/mol. The topological polar surface area (TPSA) is 97.2 Å². The van der Waals surface area contributed by atoms with Gasteiger partial charge in [0.2, 0.25) is 0 Å². The van der Waals surface area contributed by atoms with E-state index < -0.39 is 5.97 Å². The molecule has 0 aliphatic heterocycles. The monoisotopic (exact) mass is 335 g/mol. The zero-order valence-electron chi connectivity index (χ0n) is 14.1. The summed E-state index contributed by atoms with van der Waals surface area (Å²) in [4.78, 5) is 18.6. The van der Waals surface area contributed by atoms with Crippen LogP contribution < -0.4 is 10.6 Å². The Morgan fingerprint density at radius 1 is 1.36 bits per heavy atom. The number of rotatable bonds is 3. The zero-order chi connectivity index (χ0) is 18.1. The molecule has 3 rings (SSSR count). The molecule has 25 heavy (non-hydrogen) atoms. The van der Waals surface area contributed by atoms with E-state index >= 15 is 0 Å². The lowest BCUT2D eigenvalue weighted by Gasteiger charge is -2.18. The first-order chi connectivity index (χ1) is 12.0. The molecule has 0 atom stereocenters. The number of nitrogens with zero attached hydrogens (tertiary/aromatic N) is 4. The lowest BCUT2D eigenvalue weighted by atomic mass is 10.1. The summed E-state index contributed by atoms with van der Waals surface area (Å²) in [6.45, 7) is 0. The normalized spacial score (nSPS) is 10.5. The van der Waals surface area contributed by atoms with E-state index in [1.807, 2.05) is 49.3 Å². The number of pyridine rings is 1. The summed E-state index contributed by atoms with van der Waals surface area (Å²) in [5.41, 5.74) is 8.85. The highest BCUT2D eigenvalue weighted by atomic mass is 16.5. The van der Waals surface area contributed by atoms with Gasteiger partial charge in [-0.2, -0.15) is 5.26 Å². The third-order valence-electron chi connectivity index (χ3n) is 4.01. The number of nitrogens with two attached hydrogens (primary N) is 1. The second-order valence-corrected chi connectivity index (χ2v) is 5.68. The lowest BCUT2D eigenvalue weighted by molar-refractivity contribution is 0.0593. The third-order valence-corrected chi connectivity index (χ3v) is 4.01. The van der Waals surface area contributed by atoms with Crippen LogP contribution in [0.25, 0.3) is 16.6 Å². The Balaban J connectivity index is 2.37. The number of carbonyl (C=O) groups excluding carboxylic acids is 1. The molecule has 2 aromatic heterocycles. The second-order valence-electron chi connectivity index (χ2n) is 5.68. The van der Waals surface area contributed by atoms with Crippen molar-refractivity contribution in [1.82, 2.24) is 9.55 Å². The number of hydrogen-bond donors (Lipinski definition) is 1. The lowest BCUT2D eigenvalue weighted by Crippen LogP contribution is -2.13. The molecule has 7 nitrogen and oxygen atoms in total. The van der Waals surface area contributed by atoms with Gasteiger partial charge in [0, 0.05) is 31.9 Å². The van der Waals surface area contributed by atoms with Gasteiger partial charge >= 0.3 is 5.97 Å². The van der Waals surface area contributed by atoms with E-state index in [1.54, 1.807) is 17.0 Å². The Bertz CT molecular complexity index is 1010. The smallest absolute Gasteiger partial charge is 0.357 e. The van der Waals surface area contributed by atoms with Crippen molar-refractivity contribution in [2.75, 3.05) is 31.8 Å². The van der Waals surface area contributed by atoms with Gasteiger partial charge in [-0.15, -0.1) is 0 Å². The van der Waals surface area contributed by atoms with Gasteiger partial charge in [0.1, 0.15) is 6.07 Å². The van der Waals surface area contributed by atoms with Gasteiger partial charge < -0.3 is 19.9 Å². The Labute approximate surface area is 144 Å². The Hall–Kier alpha value is -3.53. The first-order valence-electron chi connectivity index (χ1n) is 7.54. The van der Waals surface area contributed by atoms with Crippen LogP contribution in [0.2, 0.25) is 0 Å². The molecule has 0 aliphatic carbocycles. The van der Waals surface area contributed by atoms with Crippen LogP contribution in [0.5, 0.6) is 0 Å². The minimum atomic E-state index is -0.604. The predicted octanol–water partition coefficient (Wildman–Crippen LogP) is 2.33. The maximum atomic E-state index is 12.2. The number of methoxy groups -OCH3 is 1. The molecule has 0 fully saturated rings. The van der Waals surface area contributed by atoms with Crippen molar-refractivity contribution in [3.8, 4) is 11.8 Å². The van der Waals surface area contributed by atoms with E-state index in [0.717, 1.165) is 16.6 Å². The zero-order valence-corrected chi connectivity index (χ0v) is 14.1. The number of carbonyl (C=O) groups is 1. The van der Waals surface area contributed by atoms with Gasteiger partial charge in [-0.3, -0.25) is 4.98 Å². The van der Waals surface area contributed by atoms with Gasteiger partial charge in [0.15, 0.2) is 5.69 Å². The molecule has 126 valence electrons. The fraction of sp³-hybridized carbons (Fsp3) is 0.167. The van der Waals surface area contributed by atoms with Gasteiger partial charge in [0.05, 0.1) is 35.3 Å². The van der Waals surface area contributed by atoms with Crippen LogP contribution in [0.15, 0.2) is 36.7 Å². The maximum Gasteiger partial charge on any atom is 0.357 e. The fourth-order valence-electron chi connectivity index (χ4n) is 2.82. The molecule has 0 aliphatic rings. The van der Waals surface area contributed by atoms with Crippen LogP contribution in [-0.4, -0.2) is 36.7 Å². The number of hydrogen-bond acceptors (Lipinski definition) is 6. The highest BCUT2D eigenvalue weighted by Gasteiger charge is 2.23. The van der Waals surface area contributed by atoms with E-state index in [1.165, 1.54) is 7.11 Å². The number of fused-ring (bicyclic) bond motifs is 1. The number of nitriles is 1. The number of esters is 1. The first kappa shape index (κ1) is 16.3. The third kappa shape index (κ3) is 2.54. The number of benzene rings is 1. The van der Waals surface area contributed by atoms with Crippen molar-refractivity contribution < 1.29 is 9.53 Å². The molecule has 0 unspecified atom stereocenters. The number of nitrogen functional groups attached to an aromatic ring is 1.